The number of allylic oxidation sites excluding steroid dienone is 1. The Morgan fingerprint density at radius 1 is 0.891 bits per heavy atom. The maximum atomic E-state index is 14.2. The van der Waals surface area contributed by atoms with E-state index in [0.29, 0.717) is 24.8 Å². The highest BCUT2D eigenvalue weighted by molar-refractivity contribution is 6.00. The molecule has 4 saturated carbocycles. The van der Waals surface area contributed by atoms with E-state index in [2.05, 4.69) is 48.5 Å². The highest BCUT2D eigenvalue weighted by Crippen LogP contribution is 2.77. The lowest BCUT2D eigenvalue weighted by Gasteiger charge is -2.72. The number of Topliss-reactive ketones (excluding diaryl/α,β-unsaturated/α-hetero) is 1. The number of ketones is 1. The summed E-state index contributed by atoms with van der Waals surface area (Å²) in [4.78, 5) is 52.9. The number of ether oxygens (including phenoxy) is 1. The molecular weight excluding hydrogens is 695 g/mol. The fraction of sp³-hybridized carbons (Fsp3) is 0.739. The first-order valence-corrected chi connectivity index (χ1v) is 20.9. The molecule has 4 fully saturated rings. The number of carbonyl (C=O) groups is 4. The zero-order valence-corrected chi connectivity index (χ0v) is 34.9. The van der Waals surface area contributed by atoms with E-state index in [1.807, 2.05) is 35.2 Å². The first-order chi connectivity index (χ1) is 25.5. The molecule has 9 unspecified atom stereocenters. The van der Waals surface area contributed by atoms with Crippen LogP contribution in [0.2, 0.25) is 0 Å². The van der Waals surface area contributed by atoms with Crippen LogP contribution in [0.4, 0.5) is 0 Å². The van der Waals surface area contributed by atoms with E-state index in [-0.39, 0.29) is 71.3 Å². The van der Waals surface area contributed by atoms with Gasteiger partial charge in [-0.1, -0.05) is 84.4 Å². The molecule has 6 rings (SSSR count). The number of aliphatic carboxylic acids is 2. The first kappa shape index (κ1) is 41.6. The van der Waals surface area contributed by atoms with Crippen molar-refractivity contribution >= 4 is 23.7 Å². The molecule has 5 aliphatic rings. The lowest BCUT2D eigenvalue weighted by Crippen LogP contribution is -2.66. The van der Waals surface area contributed by atoms with Crippen LogP contribution in [-0.4, -0.2) is 69.2 Å². The predicted octanol–water partition coefficient (Wildman–Crippen LogP) is 8.33. The van der Waals surface area contributed by atoms with Crippen molar-refractivity contribution in [1.29, 1.82) is 0 Å². The van der Waals surface area contributed by atoms with E-state index < -0.39 is 34.8 Å². The SMILES string of the molecule is CC(C)C1=C2C3CCC4C5(C)CCC(OC(=O)CC(C)(C)C(=O)O)C(C)(C)C5CCC4(C)C3(C)CCC2(C(O)CN(CC(=O)O)Cc2ccccc2)CC1=O. The van der Waals surface area contributed by atoms with Crippen LogP contribution >= 0.6 is 0 Å². The van der Waals surface area contributed by atoms with Gasteiger partial charge in [-0.15, -0.1) is 0 Å². The van der Waals surface area contributed by atoms with Crippen LogP contribution in [0.1, 0.15) is 132 Å². The molecule has 0 aromatic heterocycles. The summed E-state index contributed by atoms with van der Waals surface area (Å²) in [5, 5.41) is 31.9. The molecule has 1 aromatic rings. The summed E-state index contributed by atoms with van der Waals surface area (Å²) in [6.07, 6.45) is 6.23. The number of hydrogen-bond acceptors (Lipinski definition) is 7. The van der Waals surface area contributed by atoms with Gasteiger partial charge in [0, 0.05) is 30.3 Å². The zero-order chi connectivity index (χ0) is 40.5. The molecule has 0 radical (unpaired) electrons. The van der Waals surface area contributed by atoms with Gasteiger partial charge < -0.3 is 20.1 Å². The van der Waals surface area contributed by atoms with Gasteiger partial charge >= 0.3 is 17.9 Å². The molecule has 304 valence electrons. The average molecular weight is 762 g/mol. The van der Waals surface area contributed by atoms with Gasteiger partial charge in [0.1, 0.15) is 6.10 Å². The average Bonchev–Trinajstić information content (AvgIpc) is 3.39. The van der Waals surface area contributed by atoms with Gasteiger partial charge in [-0.3, -0.25) is 24.1 Å². The molecule has 0 heterocycles. The van der Waals surface area contributed by atoms with E-state index in [0.717, 1.165) is 56.1 Å². The van der Waals surface area contributed by atoms with Crippen LogP contribution in [0.5, 0.6) is 0 Å². The largest absolute Gasteiger partial charge is 0.481 e. The van der Waals surface area contributed by atoms with Crippen molar-refractivity contribution in [2.24, 2.45) is 56.2 Å². The Bertz CT molecular complexity index is 1710. The minimum atomic E-state index is -1.19. The Morgan fingerprint density at radius 3 is 2.18 bits per heavy atom. The summed E-state index contributed by atoms with van der Waals surface area (Å²) in [5.41, 5.74) is 0.769. The van der Waals surface area contributed by atoms with Crippen LogP contribution in [0.15, 0.2) is 41.5 Å². The van der Waals surface area contributed by atoms with Gasteiger partial charge in [0.25, 0.3) is 0 Å². The summed E-state index contributed by atoms with van der Waals surface area (Å²) in [5.74, 6) is -1.32. The zero-order valence-electron chi connectivity index (χ0n) is 34.9. The molecule has 3 N–H and O–H groups in total. The van der Waals surface area contributed by atoms with Gasteiger partial charge in [-0.2, -0.15) is 0 Å². The Labute approximate surface area is 328 Å². The van der Waals surface area contributed by atoms with Crippen LogP contribution < -0.4 is 0 Å². The molecule has 9 atom stereocenters. The number of benzene rings is 1. The summed E-state index contributed by atoms with van der Waals surface area (Å²) >= 11 is 0. The Kier molecular flexibility index (Phi) is 10.9. The maximum absolute atomic E-state index is 14.2. The standard InChI is InChI=1S/C46H67NO8/c1-28(2)38-31(48)23-46(34(49)26-47(27-36(50)51)25-29-13-11-10-12-14-29)22-21-44(8)30(39(38)46)15-16-33-43(7)19-18-35(55-37(52)24-41(3,4)40(53)54)42(5,6)32(43)17-20-45(33,44)9/h10-14,28,30,32-35,49H,15-27H2,1-9H3,(H,50,51)(H,53,54). The number of nitrogens with zero attached hydrogens (tertiary/aromatic N) is 1. The van der Waals surface area contributed by atoms with Gasteiger partial charge in [0.2, 0.25) is 0 Å². The molecule has 0 amide bonds. The fourth-order valence-corrected chi connectivity index (χ4v) is 13.5. The van der Waals surface area contributed by atoms with Crippen LogP contribution in [-0.2, 0) is 30.5 Å². The van der Waals surface area contributed by atoms with Crippen molar-refractivity contribution in [1.82, 2.24) is 4.90 Å². The number of fused-ring (bicyclic) bond motifs is 7. The van der Waals surface area contributed by atoms with Crippen molar-refractivity contribution in [2.45, 2.75) is 145 Å². The second-order valence-corrected chi connectivity index (χ2v) is 20.6. The maximum Gasteiger partial charge on any atom is 0.317 e. The molecule has 55 heavy (non-hydrogen) atoms. The van der Waals surface area contributed by atoms with E-state index in [9.17, 15) is 34.5 Å². The quantitative estimate of drug-likeness (QED) is 0.179. The highest BCUT2D eigenvalue weighted by Gasteiger charge is 2.71. The van der Waals surface area contributed by atoms with Crippen molar-refractivity contribution in [3.63, 3.8) is 0 Å². The third-order valence-corrected chi connectivity index (χ3v) is 16.5. The van der Waals surface area contributed by atoms with Crippen LogP contribution in [0.25, 0.3) is 0 Å². The van der Waals surface area contributed by atoms with E-state index in [4.69, 9.17) is 4.74 Å². The topological polar surface area (TPSA) is 141 Å². The smallest absolute Gasteiger partial charge is 0.317 e. The number of carboxylic acids is 2. The van der Waals surface area contributed by atoms with Gasteiger partial charge in [0.05, 0.1) is 24.5 Å². The number of aliphatic hydroxyl groups is 1. The lowest BCUT2D eigenvalue weighted by atomic mass is 9.33. The number of aliphatic hydroxyl groups excluding tert-OH is 1. The molecular formula is C46H67NO8. The fourth-order valence-electron chi connectivity index (χ4n) is 13.5. The molecule has 9 heteroatoms. The second kappa shape index (κ2) is 14.4. The van der Waals surface area contributed by atoms with E-state index >= 15 is 0 Å². The van der Waals surface area contributed by atoms with Crippen molar-refractivity contribution in [2.75, 3.05) is 13.1 Å². The summed E-state index contributed by atoms with van der Waals surface area (Å²) in [7, 11) is 0. The Morgan fingerprint density at radius 2 is 1.56 bits per heavy atom. The lowest BCUT2D eigenvalue weighted by molar-refractivity contribution is -0.235. The van der Waals surface area contributed by atoms with E-state index in [1.54, 1.807) is 13.8 Å². The summed E-state index contributed by atoms with van der Waals surface area (Å²) in [6.45, 7) is 19.7. The normalized spacial score (nSPS) is 36.1. The first-order valence-electron chi connectivity index (χ1n) is 20.9. The highest BCUT2D eigenvalue weighted by atomic mass is 16.5. The number of esters is 1. The molecule has 1 aromatic carbocycles. The minimum absolute atomic E-state index is 0.0112. The third kappa shape index (κ3) is 6.81. The molecule has 0 spiro atoms. The van der Waals surface area contributed by atoms with Crippen LogP contribution in [0.3, 0.4) is 0 Å². The summed E-state index contributed by atoms with van der Waals surface area (Å²) < 4.78 is 6.16. The Hall–Kier alpha value is -3.04. The molecule has 0 saturated heterocycles. The number of carbonyl (C=O) groups excluding carboxylic acids is 2. The van der Waals surface area contributed by atoms with Gasteiger partial charge in [-0.25, -0.2) is 0 Å². The molecule has 0 bridgehead atoms. The van der Waals surface area contributed by atoms with Crippen molar-refractivity contribution in [3.8, 4) is 0 Å². The third-order valence-electron chi connectivity index (χ3n) is 16.5. The van der Waals surface area contributed by atoms with Crippen molar-refractivity contribution < 1.29 is 39.2 Å². The number of hydrogen-bond donors (Lipinski definition) is 3. The Balaban J connectivity index is 1.29. The molecule has 9 nitrogen and oxygen atoms in total. The second-order valence-electron chi connectivity index (χ2n) is 20.6. The molecule has 0 aliphatic heterocycles. The number of rotatable bonds is 12. The predicted molar refractivity (Wildman–Crippen MR) is 211 cm³/mol. The van der Waals surface area contributed by atoms with Crippen LogP contribution in [0, 0.1) is 56.2 Å². The van der Waals surface area contributed by atoms with Gasteiger partial charge in [0.15, 0.2) is 5.78 Å². The van der Waals surface area contributed by atoms with Crippen molar-refractivity contribution in [3.05, 3.63) is 47.0 Å². The molecule has 5 aliphatic carbocycles. The monoisotopic (exact) mass is 761 g/mol. The minimum Gasteiger partial charge on any atom is -0.481 e. The van der Waals surface area contributed by atoms with E-state index in [1.165, 1.54) is 5.57 Å². The van der Waals surface area contributed by atoms with Gasteiger partial charge in [-0.05, 0) is 116 Å². The number of carboxylic acid groups (broad SMARTS) is 2. The summed E-state index contributed by atoms with van der Waals surface area (Å²) in [6, 6.07) is 9.77.